The number of aliphatic hydroxyl groups is 1. The Bertz CT molecular complexity index is 300. The van der Waals surface area contributed by atoms with Gasteiger partial charge in [0.05, 0.1) is 5.60 Å². The van der Waals surface area contributed by atoms with Crippen LogP contribution < -0.4 is 0 Å². The Morgan fingerprint density at radius 2 is 2.36 bits per heavy atom. The molecule has 78 valence electrons. The summed E-state index contributed by atoms with van der Waals surface area (Å²) in [6, 6.07) is 0. The van der Waals surface area contributed by atoms with Crippen molar-refractivity contribution in [1.82, 2.24) is 9.88 Å². The SMILES string of the molecule is CN(CC(C)(C)O)C(=O)c1cocn1. The smallest absolute Gasteiger partial charge is 0.275 e. The Morgan fingerprint density at radius 3 is 2.79 bits per heavy atom. The largest absolute Gasteiger partial charge is 0.451 e. The number of hydrogen-bond acceptors (Lipinski definition) is 4. The van der Waals surface area contributed by atoms with E-state index in [-0.39, 0.29) is 18.1 Å². The van der Waals surface area contributed by atoms with E-state index in [9.17, 15) is 9.90 Å². The van der Waals surface area contributed by atoms with E-state index in [2.05, 4.69) is 4.98 Å². The number of rotatable bonds is 3. The Kier molecular flexibility index (Phi) is 2.90. The van der Waals surface area contributed by atoms with Gasteiger partial charge in [0, 0.05) is 13.6 Å². The van der Waals surface area contributed by atoms with Crippen molar-refractivity contribution in [3.05, 3.63) is 18.4 Å². The molecule has 0 aromatic carbocycles. The Balaban J connectivity index is 2.63. The Labute approximate surface area is 82.4 Å². The van der Waals surface area contributed by atoms with Gasteiger partial charge in [-0.1, -0.05) is 0 Å². The van der Waals surface area contributed by atoms with Crippen LogP contribution in [0.4, 0.5) is 0 Å². The second-order valence-electron chi connectivity index (χ2n) is 3.85. The quantitative estimate of drug-likeness (QED) is 0.768. The van der Waals surface area contributed by atoms with E-state index in [0.29, 0.717) is 0 Å². The summed E-state index contributed by atoms with van der Waals surface area (Å²) >= 11 is 0. The first kappa shape index (κ1) is 10.7. The number of hydrogen-bond donors (Lipinski definition) is 1. The predicted molar refractivity (Wildman–Crippen MR) is 49.8 cm³/mol. The molecule has 14 heavy (non-hydrogen) atoms. The van der Waals surface area contributed by atoms with Crippen LogP contribution in [-0.2, 0) is 0 Å². The molecule has 0 aliphatic carbocycles. The summed E-state index contributed by atoms with van der Waals surface area (Å²) in [5.41, 5.74) is -0.662. The van der Waals surface area contributed by atoms with E-state index in [1.54, 1.807) is 20.9 Å². The van der Waals surface area contributed by atoms with Gasteiger partial charge in [-0.25, -0.2) is 4.98 Å². The van der Waals surface area contributed by atoms with Crippen LogP contribution >= 0.6 is 0 Å². The summed E-state index contributed by atoms with van der Waals surface area (Å²) in [6.45, 7) is 3.53. The minimum absolute atomic E-state index is 0.247. The molecule has 1 N–H and O–H groups in total. The molecule has 1 aromatic rings. The van der Waals surface area contributed by atoms with Crippen LogP contribution in [0.3, 0.4) is 0 Å². The van der Waals surface area contributed by atoms with Gasteiger partial charge in [0.25, 0.3) is 5.91 Å². The molecule has 0 saturated heterocycles. The molecular formula is C9H14N2O3. The number of nitrogens with zero attached hydrogens (tertiary/aromatic N) is 2. The standard InChI is InChI=1S/C9H14N2O3/c1-9(2,13)5-11(3)8(12)7-4-14-6-10-7/h4,6,13H,5H2,1-3H3. The molecule has 0 fully saturated rings. The fourth-order valence-electron chi connectivity index (χ4n) is 1.17. The van der Waals surface area contributed by atoms with Crippen LogP contribution in [0.2, 0.25) is 0 Å². The highest BCUT2D eigenvalue weighted by Crippen LogP contribution is 2.06. The number of aromatic nitrogens is 1. The first-order valence-corrected chi connectivity index (χ1v) is 4.26. The van der Waals surface area contributed by atoms with Crippen LogP contribution in [0.15, 0.2) is 17.1 Å². The highest BCUT2D eigenvalue weighted by atomic mass is 16.3. The molecule has 0 unspecified atom stereocenters. The average Bonchev–Trinajstić information content (AvgIpc) is 2.51. The summed E-state index contributed by atoms with van der Waals surface area (Å²) in [5, 5.41) is 9.50. The van der Waals surface area contributed by atoms with Gasteiger partial charge in [-0.15, -0.1) is 0 Å². The second-order valence-corrected chi connectivity index (χ2v) is 3.85. The van der Waals surface area contributed by atoms with Crippen molar-refractivity contribution < 1.29 is 14.3 Å². The van der Waals surface area contributed by atoms with Crippen LogP contribution in [0, 0.1) is 0 Å². The van der Waals surface area contributed by atoms with Gasteiger partial charge in [0.15, 0.2) is 12.1 Å². The fourth-order valence-corrected chi connectivity index (χ4v) is 1.17. The maximum absolute atomic E-state index is 11.6. The van der Waals surface area contributed by atoms with E-state index in [0.717, 1.165) is 0 Å². The van der Waals surface area contributed by atoms with Crippen molar-refractivity contribution in [1.29, 1.82) is 0 Å². The zero-order valence-electron chi connectivity index (χ0n) is 8.52. The molecule has 0 bridgehead atoms. The highest BCUT2D eigenvalue weighted by Gasteiger charge is 2.21. The highest BCUT2D eigenvalue weighted by molar-refractivity contribution is 5.91. The van der Waals surface area contributed by atoms with Crippen LogP contribution in [0.25, 0.3) is 0 Å². The molecule has 1 amide bonds. The van der Waals surface area contributed by atoms with Crippen molar-refractivity contribution in [3.63, 3.8) is 0 Å². The van der Waals surface area contributed by atoms with Crippen LogP contribution in [-0.4, -0.2) is 40.1 Å². The summed E-state index contributed by atoms with van der Waals surface area (Å²) in [5.74, 6) is -0.263. The van der Waals surface area contributed by atoms with E-state index in [4.69, 9.17) is 4.42 Å². The summed E-state index contributed by atoms with van der Waals surface area (Å²) in [7, 11) is 1.61. The monoisotopic (exact) mass is 198 g/mol. The minimum atomic E-state index is -0.909. The maximum Gasteiger partial charge on any atom is 0.275 e. The molecule has 5 nitrogen and oxygen atoms in total. The Hall–Kier alpha value is -1.36. The molecule has 0 saturated carbocycles. The lowest BCUT2D eigenvalue weighted by Crippen LogP contribution is -2.39. The molecule has 0 aliphatic rings. The topological polar surface area (TPSA) is 66.6 Å². The van der Waals surface area contributed by atoms with E-state index >= 15 is 0 Å². The number of likely N-dealkylation sites (N-methyl/N-ethyl adjacent to an activating group) is 1. The lowest BCUT2D eigenvalue weighted by atomic mass is 10.1. The third-order valence-electron chi connectivity index (χ3n) is 1.62. The zero-order chi connectivity index (χ0) is 10.8. The molecule has 1 heterocycles. The van der Waals surface area contributed by atoms with Crippen molar-refractivity contribution in [2.45, 2.75) is 19.4 Å². The van der Waals surface area contributed by atoms with E-state index < -0.39 is 5.60 Å². The minimum Gasteiger partial charge on any atom is -0.451 e. The molecule has 0 spiro atoms. The van der Waals surface area contributed by atoms with Crippen molar-refractivity contribution in [2.24, 2.45) is 0 Å². The van der Waals surface area contributed by atoms with Gasteiger partial charge < -0.3 is 14.4 Å². The lowest BCUT2D eigenvalue weighted by Gasteiger charge is -2.24. The first-order chi connectivity index (χ1) is 6.40. The molecule has 0 atom stereocenters. The van der Waals surface area contributed by atoms with Crippen molar-refractivity contribution >= 4 is 5.91 Å². The maximum atomic E-state index is 11.6. The first-order valence-electron chi connectivity index (χ1n) is 4.26. The molecular weight excluding hydrogens is 184 g/mol. The fraction of sp³-hybridized carbons (Fsp3) is 0.556. The molecule has 0 aliphatic heterocycles. The number of carbonyl (C=O) groups is 1. The Morgan fingerprint density at radius 1 is 1.71 bits per heavy atom. The van der Waals surface area contributed by atoms with Gasteiger partial charge in [0.1, 0.15) is 6.26 Å². The van der Waals surface area contributed by atoms with Gasteiger partial charge in [-0.05, 0) is 13.8 Å². The summed E-state index contributed by atoms with van der Waals surface area (Å²) in [4.78, 5) is 16.7. The number of amides is 1. The van der Waals surface area contributed by atoms with E-state index in [1.807, 2.05) is 0 Å². The van der Waals surface area contributed by atoms with Crippen molar-refractivity contribution in [3.8, 4) is 0 Å². The molecule has 1 aromatic heterocycles. The van der Waals surface area contributed by atoms with E-state index in [1.165, 1.54) is 17.6 Å². The van der Waals surface area contributed by atoms with Gasteiger partial charge >= 0.3 is 0 Å². The number of carbonyl (C=O) groups excluding carboxylic acids is 1. The average molecular weight is 198 g/mol. The number of oxazole rings is 1. The second kappa shape index (κ2) is 3.79. The molecule has 5 heteroatoms. The zero-order valence-corrected chi connectivity index (χ0v) is 8.52. The molecule has 0 radical (unpaired) electrons. The van der Waals surface area contributed by atoms with Gasteiger partial charge in [0.2, 0.25) is 0 Å². The third kappa shape index (κ3) is 2.85. The van der Waals surface area contributed by atoms with Gasteiger partial charge in [-0.2, -0.15) is 0 Å². The normalized spacial score (nSPS) is 11.4. The molecule has 1 rings (SSSR count). The van der Waals surface area contributed by atoms with Crippen LogP contribution in [0.1, 0.15) is 24.3 Å². The third-order valence-corrected chi connectivity index (χ3v) is 1.62. The summed E-state index contributed by atoms with van der Waals surface area (Å²) < 4.78 is 4.69. The lowest BCUT2D eigenvalue weighted by molar-refractivity contribution is 0.0365. The van der Waals surface area contributed by atoms with Crippen LogP contribution in [0.5, 0.6) is 0 Å². The summed E-state index contributed by atoms with van der Waals surface area (Å²) in [6.07, 6.45) is 2.48. The van der Waals surface area contributed by atoms with Gasteiger partial charge in [-0.3, -0.25) is 4.79 Å². The van der Waals surface area contributed by atoms with Crippen molar-refractivity contribution in [2.75, 3.05) is 13.6 Å². The predicted octanol–water partition coefficient (Wildman–Crippen LogP) is 0.518.